The molecule has 3 aromatic carbocycles. The molecular weight excluding hydrogens is 409 g/mol. The highest BCUT2D eigenvalue weighted by Gasteiger charge is 2.51. The van der Waals surface area contributed by atoms with Crippen LogP contribution in [0.4, 0.5) is 5.69 Å². The number of benzene rings is 3. The van der Waals surface area contributed by atoms with E-state index in [2.05, 4.69) is 0 Å². The Bertz CT molecular complexity index is 1080. The van der Waals surface area contributed by atoms with Crippen LogP contribution in [0.2, 0.25) is 10.0 Å². The molecule has 1 N–H and O–H groups in total. The summed E-state index contributed by atoms with van der Waals surface area (Å²) < 4.78 is 0. The molecule has 0 bridgehead atoms. The van der Waals surface area contributed by atoms with E-state index in [9.17, 15) is 14.7 Å². The minimum absolute atomic E-state index is 0.283. The zero-order valence-electron chi connectivity index (χ0n) is 15.3. The van der Waals surface area contributed by atoms with Crippen molar-refractivity contribution in [1.82, 2.24) is 0 Å². The normalized spacial score (nSPS) is 18.0. The van der Waals surface area contributed by atoms with E-state index in [1.54, 1.807) is 42.5 Å². The predicted molar refractivity (Wildman–Crippen MR) is 113 cm³/mol. The number of aliphatic hydroxyl groups is 1. The number of ketones is 1. The fourth-order valence-electron chi connectivity index (χ4n) is 3.59. The number of hydrogen-bond donors (Lipinski definition) is 1. The smallest absolute Gasteiger partial charge is 0.264 e. The molecule has 6 heteroatoms. The Balaban J connectivity index is 1.71. The number of hydrogen-bond acceptors (Lipinski definition) is 3. The lowest BCUT2D eigenvalue weighted by molar-refractivity contribution is -0.136. The van der Waals surface area contributed by atoms with Crippen LogP contribution in [0.1, 0.15) is 27.9 Å². The third-order valence-corrected chi connectivity index (χ3v) is 5.55. The third kappa shape index (κ3) is 3.67. The maximum absolute atomic E-state index is 13.3. The first kappa shape index (κ1) is 19.6. The van der Waals surface area contributed by atoms with E-state index in [1.807, 2.05) is 30.3 Å². The fraction of sp³-hybridized carbons (Fsp3) is 0.130. The molecule has 0 saturated heterocycles. The Hall–Kier alpha value is -2.66. The van der Waals surface area contributed by atoms with Gasteiger partial charge in [0.1, 0.15) is 0 Å². The number of halogens is 2. The van der Waals surface area contributed by atoms with E-state index in [1.165, 1.54) is 4.90 Å². The van der Waals surface area contributed by atoms with Crippen molar-refractivity contribution in [3.8, 4) is 0 Å². The molecule has 29 heavy (non-hydrogen) atoms. The van der Waals surface area contributed by atoms with Crippen molar-refractivity contribution < 1.29 is 14.7 Å². The van der Waals surface area contributed by atoms with Gasteiger partial charge in [-0.3, -0.25) is 9.59 Å². The first-order chi connectivity index (χ1) is 13.9. The van der Waals surface area contributed by atoms with Gasteiger partial charge in [0.2, 0.25) is 0 Å². The monoisotopic (exact) mass is 425 g/mol. The van der Waals surface area contributed by atoms with E-state index in [0.29, 0.717) is 26.9 Å². The first-order valence-corrected chi connectivity index (χ1v) is 9.81. The largest absolute Gasteiger partial charge is 0.375 e. The number of anilines is 1. The molecule has 1 unspecified atom stereocenters. The molecule has 3 aromatic rings. The Morgan fingerprint density at radius 1 is 0.931 bits per heavy atom. The van der Waals surface area contributed by atoms with Crippen molar-refractivity contribution in [3.05, 3.63) is 99.5 Å². The molecule has 4 rings (SSSR count). The minimum Gasteiger partial charge on any atom is -0.375 e. The molecule has 1 heterocycles. The third-order valence-electron chi connectivity index (χ3n) is 5.06. The van der Waals surface area contributed by atoms with Gasteiger partial charge in [-0.25, -0.2) is 0 Å². The number of carbonyl (C=O) groups excluding carboxylic acids is 2. The van der Waals surface area contributed by atoms with Crippen molar-refractivity contribution in [1.29, 1.82) is 0 Å². The maximum atomic E-state index is 13.3. The van der Waals surface area contributed by atoms with E-state index >= 15 is 0 Å². The second-order valence-electron chi connectivity index (χ2n) is 7.01. The zero-order valence-corrected chi connectivity index (χ0v) is 16.8. The molecule has 1 amide bonds. The zero-order chi connectivity index (χ0) is 20.6. The first-order valence-electron chi connectivity index (χ1n) is 9.05. The number of carbonyl (C=O) groups is 2. The maximum Gasteiger partial charge on any atom is 0.264 e. The molecule has 0 fully saturated rings. The SMILES string of the molecule is O=C(CC1(O)C(=O)N(Cc2ccccc2)c2ccc(Cl)cc21)c1ccc(Cl)cc1. The molecule has 0 saturated carbocycles. The van der Waals surface area contributed by atoms with Crippen LogP contribution in [0.5, 0.6) is 0 Å². The van der Waals surface area contributed by atoms with Crippen molar-refractivity contribution >= 4 is 40.6 Å². The predicted octanol–water partition coefficient (Wildman–Crippen LogP) is 5.00. The number of fused-ring (bicyclic) bond motifs is 1. The van der Waals surface area contributed by atoms with Crippen LogP contribution in [0.25, 0.3) is 0 Å². The average Bonchev–Trinajstić information content (AvgIpc) is 2.91. The number of nitrogens with zero attached hydrogens (tertiary/aromatic N) is 1. The summed E-state index contributed by atoms with van der Waals surface area (Å²) >= 11 is 12.0. The Morgan fingerprint density at radius 3 is 2.28 bits per heavy atom. The standard InChI is InChI=1S/C23H17Cl2NO3/c24-17-8-6-16(7-9-17)21(27)13-23(29)19-12-18(25)10-11-20(19)26(22(23)28)14-15-4-2-1-3-5-15/h1-12,29H,13-14H2. The lowest BCUT2D eigenvalue weighted by Gasteiger charge is -2.23. The van der Waals surface area contributed by atoms with Crippen molar-refractivity contribution in [2.75, 3.05) is 4.90 Å². The van der Waals surface area contributed by atoms with Crippen LogP contribution < -0.4 is 4.90 Å². The fourth-order valence-corrected chi connectivity index (χ4v) is 3.88. The summed E-state index contributed by atoms with van der Waals surface area (Å²) in [7, 11) is 0. The summed E-state index contributed by atoms with van der Waals surface area (Å²) in [5.74, 6) is -0.897. The molecular formula is C23H17Cl2NO3. The minimum atomic E-state index is -1.98. The Kier molecular flexibility index (Phi) is 5.17. The van der Waals surface area contributed by atoms with Crippen LogP contribution >= 0.6 is 23.2 Å². The molecule has 1 aliphatic heterocycles. The molecule has 1 aliphatic rings. The van der Waals surface area contributed by atoms with Gasteiger partial charge in [0.05, 0.1) is 18.7 Å². The van der Waals surface area contributed by atoms with Crippen molar-refractivity contribution in [3.63, 3.8) is 0 Å². The second kappa shape index (κ2) is 7.64. The summed E-state index contributed by atoms with van der Waals surface area (Å²) in [5.41, 5.74) is 0.199. The van der Waals surface area contributed by atoms with Gasteiger partial charge in [-0.2, -0.15) is 0 Å². The molecule has 1 atom stereocenters. The van der Waals surface area contributed by atoms with Crippen LogP contribution in [-0.2, 0) is 16.9 Å². The average molecular weight is 426 g/mol. The molecule has 0 aliphatic carbocycles. The van der Waals surface area contributed by atoms with Gasteiger partial charge < -0.3 is 10.0 Å². The van der Waals surface area contributed by atoms with Crippen molar-refractivity contribution in [2.24, 2.45) is 0 Å². The Labute approximate surface area is 178 Å². The van der Waals surface area contributed by atoms with Crippen LogP contribution in [-0.4, -0.2) is 16.8 Å². The number of amides is 1. The van der Waals surface area contributed by atoms with Gasteiger partial charge in [0.15, 0.2) is 11.4 Å². The topological polar surface area (TPSA) is 57.6 Å². The van der Waals surface area contributed by atoms with Gasteiger partial charge in [-0.1, -0.05) is 53.5 Å². The quantitative estimate of drug-likeness (QED) is 0.585. The lowest BCUT2D eigenvalue weighted by atomic mass is 9.88. The second-order valence-corrected chi connectivity index (χ2v) is 7.88. The summed E-state index contributed by atoms with van der Waals surface area (Å²) in [6.07, 6.45) is -0.383. The van der Waals surface area contributed by atoms with Crippen LogP contribution in [0.3, 0.4) is 0 Å². The van der Waals surface area contributed by atoms with Crippen LogP contribution in [0.15, 0.2) is 72.8 Å². The summed E-state index contributed by atoms with van der Waals surface area (Å²) in [6.45, 7) is 0.283. The molecule has 146 valence electrons. The summed E-state index contributed by atoms with van der Waals surface area (Å²) in [6, 6.07) is 20.7. The van der Waals surface area contributed by atoms with E-state index in [-0.39, 0.29) is 18.7 Å². The highest BCUT2D eigenvalue weighted by atomic mass is 35.5. The van der Waals surface area contributed by atoms with Gasteiger partial charge in [-0.05, 0) is 48.0 Å². The van der Waals surface area contributed by atoms with Gasteiger partial charge >= 0.3 is 0 Å². The van der Waals surface area contributed by atoms with Crippen molar-refractivity contribution in [2.45, 2.75) is 18.6 Å². The molecule has 0 radical (unpaired) electrons. The van der Waals surface area contributed by atoms with Gasteiger partial charge in [-0.15, -0.1) is 0 Å². The molecule has 0 spiro atoms. The van der Waals surface area contributed by atoms with Gasteiger partial charge in [0.25, 0.3) is 5.91 Å². The molecule has 4 nitrogen and oxygen atoms in total. The van der Waals surface area contributed by atoms with Crippen LogP contribution in [0, 0.1) is 0 Å². The number of rotatable bonds is 5. The highest BCUT2D eigenvalue weighted by Crippen LogP contribution is 2.44. The summed E-state index contributed by atoms with van der Waals surface area (Å²) in [4.78, 5) is 27.6. The highest BCUT2D eigenvalue weighted by molar-refractivity contribution is 6.31. The van der Waals surface area contributed by atoms with E-state index in [0.717, 1.165) is 5.56 Å². The summed E-state index contributed by atoms with van der Waals surface area (Å²) in [5, 5.41) is 12.3. The van der Waals surface area contributed by atoms with E-state index in [4.69, 9.17) is 23.2 Å². The number of Topliss-reactive ketones (excluding diaryl/α,β-unsaturated/α-hetero) is 1. The lowest BCUT2D eigenvalue weighted by Crippen LogP contribution is -2.41. The molecule has 0 aromatic heterocycles. The Morgan fingerprint density at radius 2 is 1.59 bits per heavy atom. The van der Waals surface area contributed by atoms with Gasteiger partial charge in [0, 0.05) is 21.2 Å². The van der Waals surface area contributed by atoms with E-state index < -0.39 is 11.5 Å².